The number of aryl methyl sites for hydroxylation is 1. The zero-order chi connectivity index (χ0) is 19.6. The van der Waals surface area contributed by atoms with Gasteiger partial charge in [-0.25, -0.2) is 8.78 Å². The van der Waals surface area contributed by atoms with Gasteiger partial charge in [-0.05, 0) is 73.9 Å². The molecule has 2 atom stereocenters. The van der Waals surface area contributed by atoms with Gasteiger partial charge in [-0.1, -0.05) is 0 Å². The fraction of sp³-hybridized carbons (Fsp3) is 0.286. The number of aromatic amines is 1. The topological polar surface area (TPSA) is 65.1 Å². The van der Waals surface area contributed by atoms with E-state index in [1.807, 2.05) is 0 Å². The lowest BCUT2D eigenvalue weighted by molar-refractivity contribution is -0.122. The van der Waals surface area contributed by atoms with Gasteiger partial charge in [-0.15, -0.1) is 0 Å². The smallest absolute Gasteiger partial charge is 0.220 e. The Balaban J connectivity index is 1.92. The number of amides is 1. The van der Waals surface area contributed by atoms with Crippen molar-refractivity contribution >= 4 is 16.8 Å². The van der Waals surface area contributed by atoms with E-state index in [2.05, 4.69) is 10.3 Å². The maximum absolute atomic E-state index is 13.8. The Morgan fingerprint density at radius 2 is 1.78 bits per heavy atom. The third kappa shape index (κ3) is 4.34. The highest BCUT2D eigenvalue weighted by atomic mass is 19.1. The zero-order valence-electron chi connectivity index (χ0n) is 15.2. The summed E-state index contributed by atoms with van der Waals surface area (Å²) in [5.74, 6) is -0.895. The minimum Gasteiger partial charge on any atom is -0.391 e. The Kier molecular flexibility index (Phi) is 5.56. The van der Waals surface area contributed by atoms with Crippen molar-refractivity contribution in [1.29, 1.82) is 0 Å². The van der Waals surface area contributed by atoms with E-state index in [0.717, 1.165) is 22.3 Å². The number of carbonyl (C=O) groups is 1. The van der Waals surface area contributed by atoms with Crippen LogP contribution in [0.15, 0.2) is 42.5 Å². The van der Waals surface area contributed by atoms with Crippen LogP contribution in [0.5, 0.6) is 0 Å². The summed E-state index contributed by atoms with van der Waals surface area (Å²) in [4.78, 5) is 15.4. The molecule has 0 spiro atoms. The van der Waals surface area contributed by atoms with Gasteiger partial charge in [0.2, 0.25) is 5.91 Å². The molecular weight excluding hydrogens is 350 g/mol. The highest BCUT2D eigenvalue weighted by Gasteiger charge is 2.17. The first kappa shape index (κ1) is 19.0. The number of hydrogen-bond acceptors (Lipinski definition) is 2. The quantitative estimate of drug-likeness (QED) is 0.614. The van der Waals surface area contributed by atoms with Crippen molar-refractivity contribution in [2.75, 3.05) is 0 Å². The molecule has 0 bridgehead atoms. The van der Waals surface area contributed by atoms with Crippen LogP contribution in [-0.2, 0) is 11.2 Å². The molecule has 0 saturated carbocycles. The van der Waals surface area contributed by atoms with E-state index in [9.17, 15) is 18.7 Å². The first-order valence-electron chi connectivity index (χ1n) is 8.88. The number of aliphatic hydroxyl groups excluding tert-OH is 1. The summed E-state index contributed by atoms with van der Waals surface area (Å²) in [6, 6.07) is 10.1. The number of aliphatic hydroxyl groups is 1. The molecule has 6 heteroatoms. The number of aromatic nitrogens is 1. The molecule has 0 aliphatic carbocycles. The Bertz CT molecular complexity index is 949. The first-order chi connectivity index (χ1) is 12.8. The van der Waals surface area contributed by atoms with Crippen LogP contribution >= 0.6 is 0 Å². The van der Waals surface area contributed by atoms with Crippen LogP contribution in [0, 0.1) is 11.6 Å². The number of rotatable bonds is 6. The summed E-state index contributed by atoms with van der Waals surface area (Å²) in [6.07, 6.45) is -0.0746. The molecule has 1 heterocycles. The molecule has 0 saturated heterocycles. The molecule has 2 unspecified atom stereocenters. The van der Waals surface area contributed by atoms with E-state index in [1.165, 1.54) is 24.3 Å². The number of nitrogens with one attached hydrogen (secondary N) is 2. The van der Waals surface area contributed by atoms with Gasteiger partial charge in [0.15, 0.2) is 0 Å². The van der Waals surface area contributed by atoms with Crippen LogP contribution in [0.4, 0.5) is 8.78 Å². The predicted octanol–water partition coefficient (Wildman–Crippen LogP) is 3.93. The number of halogens is 2. The van der Waals surface area contributed by atoms with Gasteiger partial charge in [-0.2, -0.15) is 0 Å². The number of H-pyrrole nitrogens is 1. The van der Waals surface area contributed by atoms with Crippen LogP contribution in [0.2, 0.25) is 0 Å². The second-order valence-electron chi connectivity index (χ2n) is 6.77. The molecule has 142 valence electrons. The first-order valence-corrected chi connectivity index (χ1v) is 8.88. The molecule has 3 rings (SSSR count). The summed E-state index contributed by atoms with van der Waals surface area (Å²) in [7, 11) is 0. The number of benzene rings is 2. The van der Waals surface area contributed by atoms with Gasteiger partial charge in [0, 0.05) is 23.0 Å². The van der Waals surface area contributed by atoms with Crippen molar-refractivity contribution in [3.63, 3.8) is 0 Å². The molecular formula is C21H22F2N2O2. The standard InChI is InChI=1S/C21H22F2N2O2/c1-12(13(2)26)24-20(27)10-8-17-18-11-16(23)7-9-19(18)25-21(17)14-3-5-15(22)6-4-14/h3-7,9,11-13,25-26H,8,10H2,1-2H3,(H,24,27). The van der Waals surface area contributed by atoms with E-state index in [1.54, 1.807) is 32.0 Å². The Morgan fingerprint density at radius 3 is 2.44 bits per heavy atom. The van der Waals surface area contributed by atoms with Crippen LogP contribution in [0.3, 0.4) is 0 Å². The Labute approximate surface area is 156 Å². The monoisotopic (exact) mass is 372 g/mol. The minimum absolute atomic E-state index is 0.189. The van der Waals surface area contributed by atoms with Gasteiger partial charge < -0.3 is 15.4 Å². The van der Waals surface area contributed by atoms with Crippen molar-refractivity contribution in [3.8, 4) is 11.3 Å². The van der Waals surface area contributed by atoms with Gasteiger partial charge in [-0.3, -0.25) is 4.79 Å². The van der Waals surface area contributed by atoms with Crippen LogP contribution in [0.25, 0.3) is 22.2 Å². The molecule has 4 nitrogen and oxygen atoms in total. The van der Waals surface area contributed by atoms with E-state index in [4.69, 9.17) is 0 Å². The molecule has 1 aromatic heterocycles. The number of fused-ring (bicyclic) bond motifs is 1. The fourth-order valence-electron chi connectivity index (χ4n) is 3.03. The largest absolute Gasteiger partial charge is 0.391 e. The second-order valence-corrected chi connectivity index (χ2v) is 6.77. The molecule has 0 radical (unpaired) electrons. The summed E-state index contributed by atoms with van der Waals surface area (Å²) in [5.41, 5.74) is 3.06. The summed E-state index contributed by atoms with van der Waals surface area (Å²) in [6.45, 7) is 3.34. The van der Waals surface area contributed by atoms with Crippen molar-refractivity contribution in [3.05, 3.63) is 59.7 Å². The van der Waals surface area contributed by atoms with E-state index < -0.39 is 6.10 Å². The van der Waals surface area contributed by atoms with Crippen LogP contribution in [-0.4, -0.2) is 28.1 Å². The molecule has 3 N–H and O–H groups in total. The lowest BCUT2D eigenvalue weighted by Gasteiger charge is -2.16. The van der Waals surface area contributed by atoms with Gasteiger partial charge in [0.1, 0.15) is 11.6 Å². The van der Waals surface area contributed by atoms with Gasteiger partial charge in [0.05, 0.1) is 12.1 Å². The number of carbonyl (C=O) groups excluding carboxylic acids is 1. The molecule has 27 heavy (non-hydrogen) atoms. The average Bonchev–Trinajstić information content (AvgIpc) is 2.98. The third-order valence-corrected chi connectivity index (χ3v) is 4.72. The molecule has 3 aromatic rings. The maximum Gasteiger partial charge on any atom is 0.220 e. The third-order valence-electron chi connectivity index (χ3n) is 4.72. The van der Waals surface area contributed by atoms with Gasteiger partial charge in [0.25, 0.3) is 0 Å². The van der Waals surface area contributed by atoms with Gasteiger partial charge >= 0.3 is 0 Å². The highest BCUT2D eigenvalue weighted by molar-refractivity contribution is 5.91. The van der Waals surface area contributed by atoms with Crippen LogP contribution in [0.1, 0.15) is 25.8 Å². The normalized spacial score (nSPS) is 13.5. The molecule has 2 aromatic carbocycles. The highest BCUT2D eigenvalue weighted by Crippen LogP contribution is 2.32. The van der Waals surface area contributed by atoms with E-state index in [-0.39, 0.29) is 30.0 Å². The SMILES string of the molecule is CC(O)C(C)NC(=O)CCc1c(-c2ccc(F)cc2)[nH]c2ccc(F)cc12. The molecule has 0 fully saturated rings. The van der Waals surface area contributed by atoms with E-state index in [0.29, 0.717) is 11.8 Å². The zero-order valence-corrected chi connectivity index (χ0v) is 15.2. The summed E-state index contributed by atoms with van der Waals surface area (Å²) in [5, 5.41) is 13.0. The fourth-order valence-corrected chi connectivity index (χ4v) is 3.03. The summed E-state index contributed by atoms with van der Waals surface area (Å²) >= 11 is 0. The maximum atomic E-state index is 13.8. The predicted molar refractivity (Wildman–Crippen MR) is 101 cm³/mol. The Morgan fingerprint density at radius 1 is 1.11 bits per heavy atom. The molecule has 1 amide bonds. The van der Waals surface area contributed by atoms with Crippen molar-refractivity contribution in [1.82, 2.24) is 10.3 Å². The average molecular weight is 372 g/mol. The van der Waals surface area contributed by atoms with E-state index >= 15 is 0 Å². The minimum atomic E-state index is -0.647. The molecule has 0 aliphatic rings. The summed E-state index contributed by atoms with van der Waals surface area (Å²) < 4.78 is 27.0. The number of hydrogen-bond donors (Lipinski definition) is 3. The van der Waals surface area contributed by atoms with Crippen molar-refractivity contribution < 1.29 is 18.7 Å². The lowest BCUT2D eigenvalue weighted by Crippen LogP contribution is -2.39. The lowest BCUT2D eigenvalue weighted by atomic mass is 10.0. The Hall–Kier alpha value is -2.73. The molecule has 0 aliphatic heterocycles. The van der Waals surface area contributed by atoms with Crippen molar-refractivity contribution in [2.45, 2.75) is 38.8 Å². The van der Waals surface area contributed by atoms with Crippen LogP contribution < -0.4 is 5.32 Å². The second kappa shape index (κ2) is 7.88. The van der Waals surface area contributed by atoms with Crippen molar-refractivity contribution in [2.24, 2.45) is 0 Å².